The zero-order valence-corrected chi connectivity index (χ0v) is 15.3. The van der Waals surface area contributed by atoms with Crippen LogP contribution in [0.2, 0.25) is 0 Å². The lowest BCUT2D eigenvalue weighted by Crippen LogP contribution is -2.47. The molecule has 1 heterocycles. The van der Waals surface area contributed by atoms with Crippen molar-refractivity contribution in [3.63, 3.8) is 0 Å². The molecule has 0 aromatic heterocycles. The van der Waals surface area contributed by atoms with Crippen LogP contribution in [-0.2, 0) is 0 Å². The largest absolute Gasteiger partial charge is 0.389 e. The number of carbonyl (C=O) groups excluding carboxylic acids is 1. The van der Waals surface area contributed by atoms with E-state index in [0.717, 1.165) is 0 Å². The number of ketones is 1. The third kappa shape index (κ3) is 3.95. The number of nitriles is 1. The van der Waals surface area contributed by atoms with Crippen molar-refractivity contribution in [1.82, 2.24) is 0 Å². The molecule has 2 aromatic carbocycles. The molecule has 2 aromatic rings. The Labute approximate surface area is 159 Å². The van der Waals surface area contributed by atoms with Crippen LogP contribution in [0.15, 0.2) is 53.4 Å². The first-order chi connectivity index (χ1) is 12.5. The summed E-state index contributed by atoms with van der Waals surface area (Å²) in [5, 5.41) is 38.9. The minimum Gasteiger partial charge on any atom is -0.389 e. The van der Waals surface area contributed by atoms with E-state index in [1.807, 2.05) is 12.1 Å². The molecular formula is C19H17NO4S2. The van der Waals surface area contributed by atoms with Crippen LogP contribution < -0.4 is 0 Å². The Hall–Kier alpha value is -1.82. The predicted molar refractivity (Wildman–Crippen MR) is 101 cm³/mol. The van der Waals surface area contributed by atoms with Gasteiger partial charge in [0.05, 0.1) is 22.3 Å². The molecule has 0 saturated carbocycles. The van der Waals surface area contributed by atoms with E-state index in [-0.39, 0.29) is 5.78 Å². The van der Waals surface area contributed by atoms with Crippen molar-refractivity contribution in [1.29, 1.82) is 5.26 Å². The maximum absolute atomic E-state index is 12.9. The van der Waals surface area contributed by atoms with Gasteiger partial charge in [0.2, 0.25) is 0 Å². The van der Waals surface area contributed by atoms with Gasteiger partial charge in [0.25, 0.3) is 0 Å². The summed E-state index contributed by atoms with van der Waals surface area (Å²) < 4.78 is -0.427. The topological polar surface area (TPSA) is 102 Å². The van der Waals surface area contributed by atoms with E-state index in [2.05, 4.69) is 0 Å². The summed E-state index contributed by atoms with van der Waals surface area (Å²) in [6.45, 7) is 0. The molecule has 0 aliphatic carbocycles. The first-order valence-electron chi connectivity index (χ1n) is 7.97. The van der Waals surface area contributed by atoms with Crippen molar-refractivity contribution in [2.45, 2.75) is 27.8 Å². The summed E-state index contributed by atoms with van der Waals surface area (Å²) in [7, 11) is 0. The van der Waals surface area contributed by atoms with E-state index < -0.39 is 22.9 Å². The Bertz CT molecular complexity index is 837. The van der Waals surface area contributed by atoms with Crippen molar-refractivity contribution in [3.8, 4) is 6.07 Å². The number of benzene rings is 2. The van der Waals surface area contributed by atoms with Gasteiger partial charge in [-0.15, -0.1) is 23.5 Å². The third-order valence-electron chi connectivity index (χ3n) is 4.09. The summed E-state index contributed by atoms with van der Waals surface area (Å²) in [4.78, 5) is 13.5. The molecule has 0 bridgehead atoms. The van der Waals surface area contributed by atoms with Crippen molar-refractivity contribution >= 4 is 29.3 Å². The van der Waals surface area contributed by atoms with Crippen molar-refractivity contribution in [2.24, 2.45) is 0 Å². The summed E-state index contributed by atoms with van der Waals surface area (Å²) in [5.74, 6) is 0.0924. The highest BCUT2D eigenvalue weighted by Gasteiger charge is 2.38. The van der Waals surface area contributed by atoms with Crippen molar-refractivity contribution in [3.05, 3.63) is 65.2 Å². The molecular weight excluding hydrogens is 370 g/mol. The van der Waals surface area contributed by atoms with Gasteiger partial charge in [-0.25, -0.2) is 0 Å². The average molecular weight is 387 g/mol. The molecule has 0 unspecified atom stereocenters. The van der Waals surface area contributed by atoms with Gasteiger partial charge in [-0.3, -0.25) is 4.79 Å². The van der Waals surface area contributed by atoms with Gasteiger partial charge in [-0.2, -0.15) is 5.26 Å². The molecule has 134 valence electrons. The lowest BCUT2D eigenvalue weighted by atomic mass is 10.0. The second kappa shape index (κ2) is 8.25. The van der Waals surface area contributed by atoms with Gasteiger partial charge in [-0.1, -0.05) is 30.3 Å². The fraction of sp³-hybridized carbons (Fsp3) is 0.263. The minimum absolute atomic E-state index is 0.207. The zero-order valence-electron chi connectivity index (χ0n) is 13.6. The molecule has 3 N–H and O–H groups in total. The smallest absolute Gasteiger partial charge is 0.194 e. The number of aliphatic hydroxyl groups is 3. The van der Waals surface area contributed by atoms with Gasteiger partial charge in [0, 0.05) is 21.8 Å². The number of hydrogen-bond acceptors (Lipinski definition) is 7. The molecule has 0 radical (unpaired) electrons. The molecule has 0 spiro atoms. The van der Waals surface area contributed by atoms with Crippen LogP contribution in [-0.4, -0.2) is 49.7 Å². The van der Waals surface area contributed by atoms with Gasteiger partial charge in [-0.05, 0) is 18.2 Å². The SMILES string of the molecule is N#Cc1ccc(S[C@@H]2SC[C@@H](O)[C@H](O)[C@H]2O)c(C(=O)c2ccccc2)c1. The van der Waals surface area contributed by atoms with Crippen LogP contribution in [0.25, 0.3) is 0 Å². The van der Waals surface area contributed by atoms with Crippen molar-refractivity contribution < 1.29 is 20.1 Å². The highest BCUT2D eigenvalue weighted by atomic mass is 32.2. The Balaban J connectivity index is 1.92. The normalized spacial score (nSPS) is 25.5. The fourth-order valence-electron chi connectivity index (χ4n) is 2.63. The number of carbonyl (C=O) groups is 1. The highest BCUT2D eigenvalue weighted by molar-refractivity contribution is 8.17. The Morgan fingerprint density at radius 1 is 1.12 bits per heavy atom. The number of nitrogens with zero attached hydrogens (tertiary/aromatic N) is 1. The Morgan fingerprint density at radius 2 is 1.85 bits per heavy atom. The van der Waals surface area contributed by atoms with E-state index in [1.165, 1.54) is 23.5 Å². The van der Waals surface area contributed by atoms with E-state index in [0.29, 0.717) is 27.3 Å². The van der Waals surface area contributed by atoms with Crippen LogP contribution >= 0.6 is 23.5 Å². The second-order valence-corrected chi connectivity index (χ2v) is 8.54. The van der Waals surface area contributed by atoms with Crippen LogP contribution in [0.3, 0.4) is 0 Å². The lowest BCUT2D eigenvalue weighted by Gasteiger charge is -2.34. The third-order valence-corrected chi connectivity index (χ3v) is 7.05. The second-order valence-electron chi connectivity index (χ2n) is 5.89. The van der Waals surface area contributed by atoms with Gasteiger partial charge >= 0.3 is 0 Å². The highest BCUT2D eigenvalue weighted by Crippen LogP contribution is 2.40. The van der Waals surface area contributed by atoms with Gasteiger partial charge < -0.3 is 15.3 Å². The first kappa shape index (κ1) is 19.0. The summed E-state index contributed by atoms with van der Waals surface area (Å²) in [6.07, 6.45) is -3.32. The van der Waals surface area contributed by atoms with Gasteiger partial charge in [0.15, 0.2) is 5.78 Å². The standard InChI is InChI=1S/C19H17NO4S2/c20-9-11-6-7-15(26-19-18(24)17(23)14(21)10-25-19)13(8-11)16(22)12-4-2-1-3-5-12/h1-8,14,17-19,21,23-24H,10H2/t14-,17+,18-,19+/m1/s1. The molecule has 0 amide bonds. The maximum Gasteiger partial charge on any atom is 0.194 e. The summed E-state index contributed by atoms with van der Waals surface area (Å²) >= 11 is 2.59. The van der Waals surface area contributed by atoms with E-state index in [9.17, 15) is 20.1 Å². The quantitative estimate of drug-likeness (QED) is 0.690. The van der Waals surface area contributed by atoms with Crippen LogP contribution in [0.5, 0.6) is 0 Å². The van der Waals surface area contributed by atoms with Crippen molar-refractivity contribution in [2.75, 3.05) is 5.75 Å². The molecule has 7 heteroatoms. The molecule has 1 aliphatic rings. The van der Waals surface area contributed by atoms with Crippen LogP contribution in [0.4, 0.5) is 0 Å². The number of thioether (sulfide) groups is 2. The van der Waals surface area contributed by atoms with E-state index in [4.69, 9.17) is 5.26 Å². The molecule has 1 saturated heterocycles. The fourth-order valence-corrected chi connectivity index (χ4v) is 5.37. The Kier molecular flexibility index (Phi) is 6.01. The monoisotopic (exact) mass is 387 g/mol. The molecule has 4 atom stereocenters. The minimum atomic E-state index is -1.22. The zero-order chi connectivity index (χ0) is 18.7. The van der Waals surface area contributed by atoms with Gasteiger partial charge in [0.1, 0.15) is 12.2 Å². The molecule has 26 heavy (non-hydrogen) atoms. The first-order valence-corrected chi connectivity index (χ1v) is 9.90. The summed E-state index contributed by atoms with van der Waals surface area (Å²) in [5.41, 5.74) is 1.27. The molecule has 3 rings (SSSR count). The van der Waals surface area contributed by atoms with Crippen LogP contribution in [0.1, 0.15) is 21.5 Å². The Morgan fingerprint density at radius 3 is 2.54 bits per heavy atom. The predicted octanol–water partition coefficient (Wildman–Crippen LogP) is 2.04. The van der Waals surface area contributed by atoms with Crippen LogP contribution in [0, 0.1) is 11.3 Å². The van der Waals surface area contributed by atoms with E-state index >= 15 is 0 Å². The number of rotatable bonds is 4. The molecule has 1 fully saturated rings. The molecule has 5 nitrogen and oxygen atoms in total. The maximum atomic E-state index is 12.9. The number of hydrogen-bond donors (Lipinski definition) is 3. The summed E-state index contributed by atoms with van der Waals surface area (Å²) in [6, 6.07) is 15.7. The molecule has 1 aliphatic heterocycles. The van der Waals surface area contributed by atoms with E-state index in [1.54, 1.807) is 42.5 Å². The average Bonchev–Trinajstić information content (AvgIpc) is 2.68. The lowest BCUT2D eigenvalue weighted by molar-refractivity contribution is -0.0474. The number of aliphatic hydroxyl groups excluding tert-OH is 3.